The van der Waals surface area contributed by atoms with Gasteiger partial charge in [0.2, 0.25) is 0 Å². The van der Waals surface area contributed by atoms with Crippen molar-refractivity contribution in [3.8, 4) is 0 Å². The van der Waals surface area contributed by atoms with E-state index in [2.05, 4.69) is 0 Å². The molecule has 7 heteroatoms. The van der Waals surface area contributed by atoms with Crippen LogP contribution in [0.1, 0.15) is 5.76 Å². The number of hydrogen-bond acceptors (Lipinski definition) is 4. The predicted octanol–water partition coefficient (Wildman–Crippen LogP) is 4.99. The molecule has 0 unspecified atom stereocenters. The van der Waals surface area contributed by atoms with Gasteiger partial charge >= 0.3 is 0 Å². The largest absolute Gasteiger partial charge is 0.465 e. The number of thioether (sulfide) groups is 1. The van der Waals surface area contributed by atoms with Gasteiger partial charge < -0.3 is 4.42 Å². The summed E-state index contributed by atoms with van der Waals surface area (Å²) in [6, 6.07) is 8.48. The lowest BCUT2D eigenvalue weighted by molar-refractivity contribution is -0.113. The minimum atomic E-state index is -0.209. The van der Waals surface area contributed by atoms with E-state index < -0.39 is 0 Å². The van der Waals surface area contributed by atoms with E-state index in [4.69, 9.17) is 39.8 Å². The molecule has 0 N–H and O–H groups in total. The average molecular weight is 356 g/mol. The minimum Gasteiger partial charge on any atom is -0.465 e. The summed E-state index contributed by atoms with van der Waals surface area (Å²) in [4.78, 5) is 14.4. The standard InChI is InChI=1S/C14H7Cl2NO2S2/c15-10-4-3-8(6-11(10)16)17-13(18)12(21-14(17)20)7-9-2-1-5-19-9/h1-7H/b12-7-. The molecule has 1 saturated heterocycles. The quantitative estimate of drug-likeness (QED) is 0.561. The molecule has 0 radical (unpaired) electrons. The summed E-state index contributed by atoms with van der Waals surface area (Å²) in [5, 5.41) is 0.801. The smallest absolute Gasteiger partial charge is 0.270 e. The third-order valence-electron chi connectivity index (χ3n) is 2.77. The fourth-order valence-corrected chi connectivity index (χ4v) is 3.39. The summed E-state index contributed by atoms with van der Waals surface area (Å²) in [6.07, 6.45) is 3.21. The molecule has 2 aromatic rings. The van der Waals surface area contributed by atoms with Crippen molar-refractivity contribution in [3.63, 3.8) is 0 Å². The van der Waals surface area contributed by atoms with Crippen LogP contribution >= 0.6 is 47.2 Å². The Labute approximate surface area is 140 Å². The van der Waals surface area contributed by atoms with E-state index in [9.17, 15) is 4.79 Å². The molecule has 1 aromatic carbocycles. The average Bonchev–Trinajstić information content (AvgIpc) is 3.03. The topological polar surface area (TPSA) is 33.5 Å². The zero-order chi connectivity index (χ0) is 15.0. The highest BCUT2D eigenvalue weighted by Gasteiger charge is 2.33. The monoisotopic (exact) mass is 355 g/mol. The SMILES string of the molecule is O=C1/C(=C/c2ccco2)SC(=S)N1c1ccc(Cl)c(Cl)c1. The van der Waals surface area contributed by atoms with Gasteiger partial charge in [0.15, 0.2) is 4.32 Å². The Morgan fingerprint density at radius 1 is 1.24 bits per heavy atom. The first-order valence-electron chi connectivity index (χ1n) is 5.83. The van der Waals surface area contributed by atoms with Gasteiger partial charge in [-0.2, -0.15) is 0 Å². The van der Waals surface area contributed by atoms with Crippen LogP contribution in [0.25, 0.3) is 6.08 Å². The number of hydrogen-bond donors (Lipinski definition) is 0. The van der Waals surface area contributed by atoms with Gasteiger partial charge in [0.1, 0.15) is 5.76 Å². The van der Waals surface area contributed by atoms with Gasteiger partial charge in [-0.3, -0.25) is 9.69 Å². The number of carbonyl (C=O) groups is 1. The minimum absolute atomic E-state index is 0.209. The van der Waals surface area contributed by atoms with Gasteiger partial charge in [-0.1, -0.05) is 47.2 Å². The first-order chi connectivity index (χ1) is 10.1. The van der Waals surface area contributed by atoms with Crippen LogP contribution in [-0.2, 0) is 4.79 Å². The highest BCUT2D eigenvalue weighted by molar-refractivity contribution is 8.27. The third kappa shape index (κ3) is 2.87. The number of rotatable bonds is 2. The van der Waals surface area contributed by atoms with Gasteiger partial charge in [-0.05, 0) is 30.3 Å². The number of carbonyl (C=O) groups excluding carboxylic acids is 1. The van der Waals surface area contributed by atoms with E-state index in [1.807, 2.05) is 0 Å². The van der Waals surface area contributed by atoms with Crippen molar-refractivity contribution in [2.75, 3.05) is 4.90 Å². The number of halogens is 2. The molecule has 3 rings (SSSR count). The summed E-state index contributed by atoms with van der Waals surface area (Å²) >= 11 is 18.4. The van der Waals surface area contributed by atoms with Crippen LogP contribution in [-0.4, -0.2) is 10.2 Å². The lowest BCUT2D eigenvalue weighted by Gasteiger charge is -2.15. The third-order valence-corrected chi connectivity index (χ3v) is 4.81. The molecule has 0 spiro atoms. The van der Waals surface area contributed by atoms with Crippen molar-refractivity contribution >= 4 is 69.2 Å². The van der Waals surface area contributed by atoms with Gasteiger partial charge in [-0.15, -0.1) is 0 Å². The molecule has 3 nitrogen and oxygen atoms in total. The molecule has 106 valence electrons. The van der Waals surface area contributed by atoms with E-state index in [0.717, 1.165) is 0 Å². The Morgan fingerprint density at radius 3 is 2.71 bits per heavy atom. The Kier molecular flexibility index (Phi) is 4.08. The van der Waals surface area contributed by atoms with Crippen LogP contribution in [0.2, 0.25) is 10.0 Å². The number of furan rings is 1. The fourth-order valence-electron chi connectivity index (χ4n) is 1.82. The van der Waals surface area contributed by atoms with E-state index in [1.165, 1.54) is 16.7 Å². The van der Waals surface area contributed by atoms with Crippen molar-refractivity contribution < 1.29 is 9.21 Å². The summed E-state index contributed by atoms with van der Waals surface area (Å²) in [5.74, 6) is 0.393. The number of anilines is 1. The lowest BCUT2D eigenvalue weighted by atomic mass is 10.3. The number of thiocarbonyl (C=S) groups is 1. The lowest BCUT2D eigenvalue weighted by Crippen LogP contribution is -2.27. The molecule has 0 saturated carbocycles. The van der Waals surface area contributed by atoms with E-state index in [1.54, 1.807) is 42.7 Å². The predicted molar refractivity (Wildman–Crippen MR) is 90.8 cm³/mol. The molecular weight excluding hydrogens is 349 g/mol. The molecule has 1 aliphatic rings. The van der Waals surface area contributed by atoms with Crippen LogP contribution in [0.4, 0.5) is 5.69 Å². The maximum atomic E-state index is 12.5. The molecule has 21 heavy (non-hydrogen) atoms. The van der Waals surface area contributed by atoms with Crippen LogP contribution < -0.4 is 4.90 Å². The summed E-state index contributed by atoms with van der Waals surface area (Å²) in [7, 11) is 0. The van der Waals surface area contributed by atoms with Crippen molar-refractivity contribution in [3.05, 3.63) is 57.3 Å². The Bertz CT molecular complexity index is 756. The van der Waals surface area contributed by atoms with Gasteiger partial charge in [0, 0.05) is 6.08 Å². The number of benzene rings is 1. The van der Waals surface area contributed by atoms with Crippen LogP contribution in [0.3, 0.4) is 0 Å². The molecule has 0 bridgehead atoms. The Balaban J connectivity index is 1.95. The molecular formula is C14H7Cl2NO2S2. The molecule has 1 amide bonds. The highest BCUT2D eigenvalue weighted by Crippen LogP contribution is 2.37. The Morgan fingerprint density at radius 2 is 2.05 bits per heavy atom. The normalized spacial score (nSPS) is 17.0. The molecule has 1 aliphatic heterocycles. The maximum Gasteiger partial charge on any atom is 0.270 e. The van der Waals surface area contributed by atoms with E-state index in [-0.39, 0.29) is 5.91 Å². The van der Waals surface area contributed by atoms with Gasteiger partial charge in [0.05, 0.1) is 26.9 Å². The second-order valence-corrected chi connectivity index (χ2v) is 6.62. The maximum absolute atomic E-state index is 12.5. The Hall–Kier alpha value is -1.27. The zero-order valence-corrected chi connectivity index (χ0v) is 13.5. The van der Waals surface area contributed by atoms with Crippen molar-refractivity contribution in [2.45, 2.75) is 0 Å². The summed E-state index contributed by atoms with van der Waals surface area (Å²) in [6.45, 7) is 0. The molecule has 0 atom stereocenters. The molecule has 1 aromatic heterocycles. The summed E-state index contributed by atoms with van der Waals surface area (Å²) < 4.78 is 5.65. The van der Waals surface area contributed by atoms with Crippen molar-refractivity contribution in [1.29, 1.82) is 0 Å². The van der Waals surface area contributed by atoms with Crippen molar-refractivity contribution in [2.24, 2.45) is 0 Å². The number of amides is 1. The zero-order valence-electron chi connectivity index (χ0n) is 10.4. The van der Waals surface area contributed by atoms with E-state index in [0.29, 0.717) is 30.7 Å². The van der Waals surface area contributed by atoms with Crippen molar-refractivity contribution in [1.82, 2.24) is 0 Å². The summed E-state index contributed by atoms with van der Waals surface area (Å²) in [5.41, 5.74) is 0.592. The first-order valence-corrected chi connectivity index (χ1v) is 7.81. The second kappa shape index (κ2) is 5.85. The van der Waals surface area contributed by atoms with Crippen LogP contribution in [0.5, 0.6) is 0 Å². The van der Waals surface area contributed by atoms with Gasteiger partial charge in [-0.25, -0.2) is 0 Å². The second-order valence-electron chi connectivity index (χ2n) is 4.13. The molecule has 1 fully saturated rings. The fraction of sp³-hybridized carbons (Fsp3) is 0. The van der Waals surface area contributed by atoms with Crippen LogP contribution in [0.15, 0.2) is 45.9 Å². The van der Waals surface area contributed by atoms with E-state index >= 15 is 0 Å². The highest BCUT2D eigenvalue weighted by atomic mass is 35.5. The van der Waals surface area contributed by atoms with Gasteiger partial charge in [0.25, 0.3) is 5.91 Å². The first kappa shape index (κ1) is 14.7. The van der Waals surface area contributed by atoms with Crippen LogP contribution in [0, 0.1) is 0 Å². The molecule has 0 aliphatic carbocycles. The molecule has 2 heterocycles. The number of nitrogens with zero attached hydrogens (tertiary/aromatic N) is 1.